The van der Waals surface area contributed by atoms with E-state index in [0.717, 1.165) is 18.5 Å². The smallest absolute Gasteiger partial charge is 0.220 e. The van der Waals surface area contributed by atoms with Gasteiger partial charge in [0.1, 0.15) is 0 Å². The second-order valence-corrected chi connectivity index (χ2v) is 5.46. The van der Waals surface area contributed by atoms with E-state index in [1.54, 1.807) is 6.07 Å². The normalized spacial score (nSPS) is 12.2. The lowest BCUT2D eigenvalue weighted by Crippen LogP contribution is -2.34. The lowest BCUT2D eigenvalue weighted by Gasteiger charge is -2.15. The van der Waals surface area contributed by atoms with Crippen molar-refractivity contribution in [2.24, 2.45) is 0 Å². The second-order valence-electron chi connectivity index (χ2n) is 4.62. The van der Waals surface area contributed by atoms with E-state index in [2.05, 4.69) is 10.6 Å². The largest absolute Gasteiger partial charge is 0.353 e. The highest BCUT2D eigenvalue weighted by Crippen LogP contribution is 2.22. The summed E-state index contributed by atoms with van der Waals surface area (Å²) >= 11 is 12.0. The van der Waals surface area contributed by atoms with Gasteiger partial charge in [0.15, 0.2) is 0 Å². The van der Waals surface area contributed by atoms with E-state index >= 15 is 0 Å². The van der Waals surface area contributed by atoms with Crippen LogP contribution in [0.4, 0.5) is 0 Å². The van der Waals surface area contributed by atoms with Gasteiger partial charge in [-0.25, -0.2) is 0 Å². The number of rotatable bonds is 7. The summed E-state index contributed by atoms with van der Waals surface area (Å²) in [4.78, 5) is 11.7. The van der Waals surface area contributed by atoms with E-state index in [1.807, 2.05) is 26.1 Å². The van der Waals surface area contributed by atoms with Crippen molar-refractivity contribution in [1.29, 1.82) is 0 Å². The van der Waals surface area contributed by atoms with Crippen molar-refractivity contribution in [1.82, 2.24) is 10.6 Å². The first-order valence-corrected chi connectivity index (χ1v) is 7.16. The Kier molecular flexibility index (Phi) is 7.21. The SMILES string of the molecule is CNCCCC(=O)NC(C)Cc1ccc(Cl)cc1Cl. The monoisotopic (exact) mass is 302 g/mol. The quantitative estimate of drug-likeness (QED) is 0.760. The second kappa shape index (κ2) is 8.41. The van der Waals surface area contributed by atoms with Crippen LogP contribution in [0.1, 0.15) is 25.3 Å². The van der Waals surface area contributed by atoms with Gasteiger partial charge in [0.2, 0.25) is 5.91 Å². The molecule has 0 spiro atoms. The summed E-state index contributed by atoms with van der Waals surface area (Å²) in [7, 11) is 1.88. The summed E-state index contributed by atoms with van der Waals surface area (Å²) < 4.78 is 0. The average molecular weight is 303 g/mol. The molecule has 2 N–H and O–H groups in total. The van der Waals surface area contributed by atoms with Gasteiger partial charge in [-0.05, 0) is 51.1 Å². The third-order valence-electron chi connectivity index (χ3n) is 2.78. The molecule has 106 valence electrons. The fraction of sp³-hybridized carbons (Fsp3) is 0.500. The van der Waals surface area contributed by atoms with Crippen molar-refractivity contribution in [3.8, 4) is 0 Å². The maximum Gasteiger partial charge on any atom is 0.220 e. The van der Waals surface area contributed by atoms with Gasteiger partial charge in [-0.15, -0.1) is 0 Å². The predicted octanol–water partition coefficient (Wildman–Crippen LogP) is 3.04. The maximum atomic E-state index is 11.7. The number of nitrogens with one attached hydrogen (secondary N) is 2. The molecule has 0 heterocycles. The molecule has 1 atom stereocenters. The Morgan fingerprint density at radius 2 is 2.11 bits per heavy atom. The van der Waals surface area contributed by atoms with Gasteiger partial charge in [0.25, 0.3) is 0 Å². The van der Waals surface area contributed by atoms with Gasteiger partial charge >= 0.3 is 0 Å². The number of carbonyl (C=O) groups excluding carboxylic acids is 1. The van der Waals surface area contributed by atoms with Crippen molar-refractivity contribution < 1.29 is 4.79 Å². The molecule has 3 nitrogen and oxygen atoms in total. The Labute approximate surface area is 124 Å². The molecule has 0 aromatic heterocycles. The zero-order chi connectivity index (χ0) is 14.3. The van der Waals surface area contributed by atoms with Crippen LogP contribution in [0.3, 0.4) is 0 Å². The number of halogens is 2. The third kappa shape index (κ3) is 6.28. The first kappa shape index (κ1) is 16.3. The van der Waals surface area contributed by atoms with E-state index in [0.29, 0.717) is 22.9 Å². The number of carbonyl (C=O) groups is 1. The zero-order valence-electron chi connectivity index (χ0n) is 11.3. The lowest BCUT2D eigenvalue weighted by atomic mass is 10.1. The number of amides is 1. The molecule has 1 aromatic rings. The van der Waals surface area contributed by atoms with Gasteiger partial charge < -0.3 is 10.6 Å². The molecule has 0 saturated carbocycles. The predicted molar refractivity (Wildman–Crippen MR) is 80.9 cm³/mol. The van der Waals surface area contributed by atoms with Crippen molar-refractivity contribution >= 4 is 29.1 Å². The highest BCUT2D eigenvalue weighted by atomic mass is 35.5. The molecule has 0 aliphatic rings. The standard InChI is InChI=1S/C14H20Cl2N2O/c1-10(18-14(19)4-3-7-17-2)8-11-5-6-12(15)9-13(11)16/h5-6,9-10,17H,3-4,7-8H2,1-2H3,(H,18,19). The highest BCUT2D eigenvalue weighted by Gasteiger charge is 2.10. The van der Waals surface area contributed by atoms with Crippen molar-refractivity contribution in [3.05, 3.63) is 33.8 Å². The van der Waals surface area contributed by atoms with Crippen LogP contribution in [-0.2, 0) is 11.2 Å². The van der Waals surface area contributed by atoms with Crippen LogP contribution in [0, 0.1) is 0 Å². The first-order chi connectivity index (χ1) is 9.02. The fourth-order valence-electron chi connectivity index (χ4n) is 1.84. The Bertz CT molecular complexity index is 424. The summed E-state index contributed by atoms with van der Waals surface area (Å²) in [5.74, 6) is 0.0767. The minimum atomic E-state index is 0.0563. The van der Waals surface area contributed by atoms with Crippen LogP contribution in [0.25, 0.3) is 0 Å². The van der Waals surface area contributed by atoms with Crippen molar-refractivity contribution in [3.63, 3.8) is 0 Å². The molecule has 1 rings (SSSR count). The topological polar surface area (TPSA) is 41.1 Å². The third-order valence-corrected chi connectivity index (χ3v) is 3.37. The molecular weight excluding hydrogens is 283 g/mol. The van der Waals surface area contributed by atoms with Gasteiger partial charge in [-0.1, -0.05) is 29.3 Å². The van der Waals surface area contributed by atoms with E-state index in [-0.39, 0.29) is 11.9 Å². The summed E-state index contributed by atoms with van der Waals surface area (Å²) in [6.45, 7) is 2.83. The Morgan fingerprint density at radius 1 is 1.37 bits per heavy atom. The Hall–Kier alpha value is -0.770. The fourth-order valence-corrected chi connectivity index (χ4v) is 2.33. The Morgan fingerprint density at radius 3 is 2.74 bits per heavy atom. The van der Waals surface area contributed by atoms with Gasteiger partial charge in [-0.2, -0.15) is 0 Å². The number of hydrogen-bond acceptors (Lipinski definition) is 2. The van der Waals surface area contributed by atoms with E-state index in [1.165, 1.54) is 0 Å². The molecule has 1 unspecified atom stereocenters. The van der Waals surface area contributed by atoms with Gasteiger partial charge in [0, 0.05) is 22.5 Å². The number of hydrogen-bond donors (Lipinski definition) is 2. The Balaban J connectivity index is 2.42. The molecule has 0 aliphatic heterocycles. The molecule has 1 amide bonds. The maximum absolute atomic E-state index is 11.7. The molecule has 0 fully saturated rings. The van der Waals surface area contributed by atoms with Crippen LogP contribution in [0.2, 0.25) is 10.0 Å². The van der Waals surface area contributed by atoms with E-state index in [4.69, 9.17) is 23.2 Å². The summed E-state index contributed by atoms with van der Waals surface area (Å²) in [6, 6.07) is 5.49. The summed E-state index contributed by atoms with van der Waals surface area (Å²) in [5.41, 5.74) is 0.995. The van der Waals surface area contributed by atoms with Gasteiger partial charge in [0.05, 0.1) is 0 Å². The molecule has 1 aromatic carbocycles. The van der Waals surface area contributed by atoms with Crippen LogP contribution in [0.5, 0.6) is 0 Å². The minimum Gasteiger partial charge on any atom is -0.353 e. The lowest BCUT2D eigenvalue weighted by molar-refractivity contribution is -0.121. The van der Waals surface area contributed by atoms with Crippen LogP contribution in [-0.4, -0.2) is 25.5 Å². The molecule has 0 bridgehead atoms. The van der Waals surface area contributed by atoms with E-state index < -0.39 is 0 Å². The van der Waals surface area contributed by atoms with Crippen LogP contribution >= 0.6 is 23.2 Å². The summed E-state index contributed by atoms with van der Waals surface area (Å²) in [6.07, 6.45) is 2.09. The zero-order valence-corrected chi connectivity index (χ0v) is 12.8. The number of benzene rings is 1. The molecular formula is C14H20Cl2N2O. The summed E-state index contributed by atoms with van der Waals surface area (Å²) in [5, 5.41) is 7.25. The van der Waals surface area contributed by atoms with Crippen molar-refractivity contribution in [2.45, 2.75) is 32.2 Å². The van der Waals surface area contributed by atoms with E-state index in [9.17, 15) is 4.79 Å². The van der Waals surface area contributed by atoms with Crippen LogP contribution < -0.4 is 10.6 Å². The highest BCUT2D eigenvalue weighted by molar-refractivity contribution is 6.35. The van der Waals surface area contributed by atoms with Crippen LogP contribution in [0.15, 0.2) is 18.2 Å². The van der Waals surface area contributed by atoms with Gasteiger partial charge in [-0.3, -0.25) is 4.79 Å². The average Bonchev–Trinajstić information content (AvgIpc) is 2.33. The molecule has 0 aliphatic carbocycles. The molecule has 5 heteroatoms. The molecule has 0 saturated heterocycles. The molecule has 19 heavy (non-hydrogen) atoms. The van der Waals surface area contributed by atoms with Crippen molar-refractivity contribution in [2.75, 3.05) is 13.6 Å². The molecule has 0 radical (unpaired) electrons. The minimum absolute atomic E-state index is 0.0563. The first-order valence-electron chi connectivity index (χ1n) is 6.41.